The first kappa shape index (κ1) is 13.8. The van der Waals surface area contributed by atoms with E-state index in [0.29, 0.717) is 11.8 Å². The van der Waals surface area contributed by atoms with Crippen LogP contribution in [0.15, 0.2) is 42.6 Å². The zero-order chi connectivity index (χ0) is 13.7. The lowest BCUT2D eigenvalue weighted by atomic mass is 10.0. The summed E-state index contributed by atoms with van der Waals surface area (Å²) in [6.45, 7) is 2.58. The predicted octanol–water partition coefficient (Wildman–Crippen LogP) is 2.69. The number of nitrogens with zero attached hydrogens (tertiary/aromatic N) is 1. The van der Waals surface area contributed by atoms with Gasteiger partial charge in [0, 0.05) is 6.20 Å². The van der Waals surface area contributed by atoms with Crippen LogP contribution >= 0.6 is 11.6 Å². The van der Waals surface area contributed by atoms with Gasteiger partial charge in [-0.3, -0.25) is 5.84 Å². The Morgan fingerprint density at radius 1 is 1.32 bits per heavy atom. The van der Waals surface area contributed by atoms with E-state index < -0.39 is 0 Å². The van der Waals surface area contributed by atoms with Crippen molar-refractivity contribution in [2.75, 3.05) is 6.61 Å². The van der Waals surface area contributed by atoms with Gasteiger partial charge in [0.15, 0.2) is 0 Å². The maximum Gasteiger partial charge on any atom is 0.129 e. The fourth-order valence-corrected chi connectivity index (χ4v) is 2.01. The highest BCUT2D eigenvalue weighted by molar-refractivity contribution is 6.29. The number of aromatic nitrogens is 1. The van der Waals surface area contributed by atoms with Crippen molar-refractivity contribution in [3.63, 3.8) is 0 Å². The van der Waals surface area contributed by atoms with E-state index >= 15 is 0 Å². The minimum absolute atomic E-state index is 0.148. The average molecular weight is 278 g/mol. The van der Waals surface area contributed by atoms with Gasteiger partial charge in [-0.25, -0.2) is 10.4 Å². The summed E-state index contributed by atoms with van der Waals surface area (Å²) in [5, 5.41) is 0.461. The van der Waals surface area contributed by atoms with Crippen LogP contribution in [0, 0.1) is 0 Å². The molecule has 1 aromatic heterocycles. The van der Waals surface area contributed by atoms with Crippen LogP contribution in [0.2, 0.25) is 5.15 Å². The second kappa shape index (κ2) is 6.52. The van der Waals surface area contributed by atoms with Crippen LogP contribution in [0.3, 0.4) is 0 Å². The highest BCUT2D eigenvalue weighted by Crippen LogP contribution is 2.24. The molecule has 0 amide bonds. The first-order chi connectivity index (χ1) is 9.24. The lowest BCUT2D eigenvalue weighted by Crippen LogP contribution is -2.28. The fourth-order valence-electron chi connectivity index (χ4n) is 1.89. The Bertz CT molecular complexity index is 530. The number of hydrogen-bond acceptors (Lipinski definition) is 4. The van der Waals surface area contributed by atoms with Gasteiger partial charge in [0.05, 0.1) is 12.6 Å². The lowest BCUT2D eigenvalue weighted by molar-refractivity contribution is 0.339. The van der Waals surface area contributed by atoms with Gasteiger partial charge >= 0.3 is 0 Å². The molecule has 0 aliphatic rings. The van der Waals surface area contributed by atoms with Crippen molar-refractivity contribution in [1.29, 1.82) is 0 Å². The molecule has 5 heteroatoms. The van der Waals surface area contributed by atoms with Gasteiger partial charge in [0.25, 0.3) is 0 Å². The van der Waals surface area contributed by atoms with Crippen molar-refractivity contribution >= 4 is 11.6 Å². The van der Waals surface area contributed by atoms with E-state index in [1.165, 1.54) is 0 Å². The van der Waals surface area contributed by atoms with Crippen LogP contribution in [-0.4, -0.2) is 11.6 Å². The van der Waals surface area contributed by atoms with Gasteiger partial charge in [0.2, 0.25) is 0 Å². The van der Waals surface area contributed by atoms with Crippen molar-refractivity contribution in [3.8, 4) is 5.75 Å². The quantitative estimate of drug-likeness (QED) is 0.501. The molecule has 2 aromatic rings. The smallest absolute Gasteiger partial charge is 0.129 e. The molecule has 0 aliphatic carbocycles. The van der Waals surface area contributed by atoms with Crippen LogP contribution in [0.5, 0.6) is 5.75 Å². The zero-order valence-electron chi connectivity index (χ0n) is 10.6. The molecule has 0 saturated carbocycles. The average Bonchev–Trinajstić information content (AvgIpc) is 2.43. The SMILES string of the molecule is CCOc1cccc(C(NN)c2ccc(Cl)nc2)c1. The Balaban J connectivity index is 2.30. The normalized spacial score (nSPS) is 12.2. The Morgan fingerprint density at radius 2 is 2.16 bits per heavy atom. The fraction of sp³-hybridized carbons (Fsp3) is 0.214. The van der Waals surface area contributed by atoms with Crippen LogP contribution in [0.1, 0.15) is 24.1 Å². The molecule has 1 heterocycles. The number of hydrazine groups is 1. The molecule has 2 rings (SSSR count). The predicted molar refractivity (Wildman–Crippen MR) is 76.0 cm³/mol. The number of hydrogen-bond donors (Lipinski definition) is 2. The molecular formula is C14H16ClN3O. The number of benzene rings is 1. The molecule has 4 nitrogen and oxygen atoms in total. The molecule has 0 saturated heterocycles. The van der Waals surface area contributed by atoms with Crippen molar-refractivity contribution < 1.29 is 4.74 Å². The van der Waals surface area contributed by atoms with E-state index in [9.17, 15) is 0 Å². The van der Waals surface area contributed by atoms with Gasteiger partial charge in [-0.2, -0.15) is 0 Å². The summed E-state index contributed by atoms with van der Waals surface area (Å²) in [5.41, 5.74) is 4.74. The van der Waals surface area contributed by atoms with Gasteiger partial charge in [-0.15, -0.1) is 0 Å². The molecular weight excluding hydrogens is 262 g/mol. The summed E-state index contributed by atoms with van der Waals surface area (Å²) in [5.74, 6) is 6.47. The van der Waals surface area contributed by atoms with E-state index in [-0.39, 0.29) is 6.04 Å². The highest BCUT2D eigenvalue weighted by Gasteiger charge is 2.13. The Hall–Kier alpha value is -1.62. The molecule has 0 radical (unpaired) electrons. The van der Waals surface area contributed by atoms with Crippen molar-refractivity contribution in [3.05, 3.63) is 58.9 Å². The van der Waals surface area contributed by atoms with E-state index in [0.717, 1.165) is 16.9 Å². The van der Waals surface area contributed by atoms with Crippen LogP contribution in [0.25, 0.3) is 0 Å². The third-order valence-electron chi connectivity index (χ3n) is 2.75. The van der Waals surface area contributed by atoms with E-state index in [4.69, 9.17) is 22.2 Å². The van der Waals surface area contributed by atoms with Gasteiger partial charge in [-0.05, 0) is 36.2 Å². The molecule has 0 spiro atoms. The summed E-state index contributed by atoms with van der Waals surface area (Å²) < 4.78 is 5.49. The molecule has 19 heavy (non-hydrogen) atoms. The second-order valence-corrected chi connectivity index (χ2v) is 4.41. The van der Waals surface area contributed by atoms with Gasteiger partial charge in [0.1, 0.15) is 10.9 Å². The van der Waals surface area contributed by atoms with Crippen molar-refractivity contribution in [2.45, 2.75) is 13.0 Å². The lowest BCUT2D eigenvalue weighted by Gasteiger charge is -2.17. The minimum atomic E-state index is -0.148. The summed E-state index contributed by atoms with van der Waals surface area (Å²) in [7, 11) is 0. The van der Waals surface area contributed by atoms with E-state index in [1.54, 1.807) is 12.3 Å². The number of ether oxygens (including phenoxy) is 1. The van der Waals surface area contributed by atoms with Crippen molar-refractivity contribution in [1.82, 2.24) is 10.4 Å². The van der Waals surface area contributed by atoms with Crippen LogP contribution < -0.4 is 16.0 Å². The van der Waals surface area contributed by atoms with Gasteiger partial charge in [-0.1, -0.05) is 29.8 Å². The standard InChI is InChI=1S/C14H16ClN3O/c1-2-19-12-5-3-4-10(8-12)14(18-16)11-6-7-13(15)17-9-11/h3-9,14,18H,2,16H2,1H3. The summed E-state index contributed by atoms with van der Waals surface area (Å²) in [6, 6.07) is 11.3. The monoisotopic (exact) mass is 277 g/mol. The maximum absolute atomic E-state index is 5.79. The Labute approximate surface area is 117 Å². The molecule has 0 bridgehead atoms. The summed E-state index contributed by atoms with van der Waals surface area (Å²) >= 11 is 5.79. The van der Waals surface area contributed by atoms with Gasteiger partial charge < -0.3 is 4.74 Å². The van der Waals surface area contributed by atoms with Crippen molar-refractivity contribution in [2.24, 2.45) is 5.84 Å². The maximum atomic E-state index is 5.79. The third-order valence-corrected chi connectivity index (χ3v) is 2.98. The molecule has 0 aliphatic heterocycles. The number of halogens is 1. The molecule has 0 fully saturated rings. The topological polar surface area (TPSA) is 60.2 Å². The van der Waals surface area contributed by atoms with E-state index in [1.807, 2.05) is 37.3 Å². The van der Waals surface area contributed by atoms with E-state index in [2.05, 4.69) is 10.4 Å². The number of rotatable bonds is 5. The number of pyridine rings is 1. The zero-order valence-corrected chi connectivity index (χ0v) is 11.4. The molecule has 1 aromatic carbocycles. The van der Waals surface area contributed by atoms with Crippen LogP contribution in [-0.2, 0) is 0 Å². The minimum Gasteiger partial charge on any atom is -0.494 e. The molecule has 100 valence electrons. The highest BCUT2D eigenvalue weighted by atomic mass is 35.5. The van der Waals surface area contributed by atoms with Crippen LogP contribution in [0.4, 0.5) is 0 Å². The largest absolute Gasteiger partial charge is 0.494 e. The Kier molecular flexibility index (Phi) is 4.74. The molecule has 1 unspecified atom stereocenters. The number of nitrogens with two attached hydrogens (primary N) is 1. The second-order valence-electron chi connectivity index (χ2n) is 4.02. The molecule has 1 atom stereocenters. The molecule has 3 N–H and O–H groups in total. The Morgan fingerprint density at radius 3 is 2.79 bits per heavy atom. The first-order valence-electron chi connectivity index (χ1n) is 6.05. The summed E-state index contributed by atoms with van der Waals surface area (Å²) in [4.78, 5) is 4.07. The summed E-state index contributed by atoms with van der Waals surface area (Å²) in [6.07, 6.45) is 1.71. The first-order valence-corrected chi connectivity index (χ1v) is 6.42. The third kappa shape index (κ3) is 3.44. The number of nitrogens with one attached hydrogen (secondary N) is 1.